The first-order valence-electron chi connectivity index (χ1n) is 9.32. The molecule has 8 heteroatoms. The van der Waals surface area contributed by atoms with E-state index in [0.29, 0.717) is 17.0 Å². The number of hydrogen-bond acceptors (Lipinski definition) is 7. The highest BCUT2D eigenvalue weighted by Crippen LogP contribution is 2.36. The van der Waals surface area contributed by atoms with Crippen LogP contribution in [0.3, 0.4) is 0 Å². The van der Waals surface area contributed by atoms with E-state index in [4.69, 9.17) is 18.9 Å². The number of H-pyrrole nitrogens is 1. The number of carbonyl (C=O) groups is 3. The van der Waals surface area contributed by atoms with Crippen molar-refractivity contribution in [2.24, 2.45) is 0 Å². The SMILES string of the molecule is CCOC(=O)c1cc([C@@H]2OC[C@@H](OC(C)=O)[C@H]2OC(C)=O)[nH]c1-c1ccccc1. The van der Waals surface area contributed by atoms with Gasteiger partial charge in [0.05, 0.1) is 24.5 Å². The molecular formula is C21H23NO7. The fourth-order valence-corrected chi connectivity index (χ4v) is 3.32. The van der Waals surface area contributed by atoms with Crippen LogP contribution in [-0.4, -0.2) is 48.3 Å². The van der Waals surface area contributed by atoms with Crippen molar-refractivity contribution in [3.63, 3.8) is 0 Å². The minimum Gasteiger partial charge on any atom is -0.462 e. The molecule has 0 bridgehead atoms. The Labute approximate surface area is 168 Å². The molecule has 1 aromatic carbocycles. The van der Waals surface area contributed by atoms with Crippen molar-refractivity contribution in [1.29, 1.82) is 0 Å². The number of esters is 3. The number of aromatic nitrogens is 1. The highest BCUT2D eigenvalue weighted by atomic mass is 16.6. The summed E-state index contributed by atoms with van der Waals surface area (Å²) in [5.74, 6) is -1.50. The van der Waals surface area contributed by atoms with Crippen molar-refractivity contribution in [2.75, 3.05) is 13.2 Å². The normalized spacial score (nSPS) is 20.9. The van der Waals surface area contributed by atoms with Crippen LogP contribution in [0.1, 0.15) is 42.9 Å². The Balaban J connectivity index is 1.99. The van der Waals surface area contributed by atoms with Gasteiger partial charge in [-0.1, -0.05) is 30.3 Å². The Bertz CT molecular complexity index is 890. The summed E-state index contributed by atoms with van der Waals surface area (Å²) in [4.78, 5) is 38.7. The van der Waals surface area contributed by atoms with E-state index in [2.05, 4.69) is 4.98 Å². The van der Waals surface area contributed by atoms with Gasteiger partial charge in [-0.05, 0) is 18.6 Å². The van der Waals surface area contributed by atoms with Crippen LogP contribution in [0.15, 0.2) is 36.4 Å². The van der Waals surface area contributed by atoms with Gasteiger partial charge in [0, 0.05) is 19.5 Å². The summed E-state index contributed by atoms with van der Waals surface area (Å²) in [5, 5.41) is 0. The zero-order chi connectivity index (χ0) is 21.0. The second-order valence-electron chi connectivity index (χ2n) is 6.58. The third-order valence-corrected chi connectivity index (χ3v) is 4.43. The maximum absolute atomic E-state index is 12.5. The van der Waals surface area contributed by atoms with Gasteiger partial charge in [-0.2, -0.15) is 0 Å². The van der Waals surface area contributed by atoms with Gasteiger partial charge in [-0.3, -0.25) is 9.59 Å². The molecule has 3 atom stereocenters. The molecule has 0 saturated carbocycles. The van der Waals surface area contributed by atoms with E-state index in [1.807, 2.05) is 30.3 Å². The molecule has 154 valence electrons. The van der Waals surface area contributed by atoms with E-state index in [1.54, 1.807) is 13.0 Å². The first kappa shape index (κ1) is 20.6. The maximum atomic E-state index is 12.5. The third-order valence-electron chi connectivity index (χ3n) is 4.43. The predicted molar refractivity (Wildman–Crippen MR) is 102 cm³/mol. The second-order valence-corrected chi connectivity index (χ2v) is 6.58. The Morgan fingerprint density at radius 3 is 2.41 bits per heavy atom. The molecule has 29 heavy (non-hydrogen) atoms. The monoisotopic (exact) mass is 401 g/mol. The summed E-state index contributed by atoms with van der Waals surface area (Å²) in [6, 6.07) is 10.9. The zero-order valence-electron chi connectivity index (χ0n) is 16.5. The molecular weight excluding hydrogens is 378 g/mol. The lowest BCUT2D eigenvalue weighted by molar-refractivity contribution is -0.163. The molecule has 3 rings (SSSR count). The number of carbonyl (C=O) groups excluding carboxylic acids is 3. The van der Waals surface area contributed by atoms with Crippen LogP contribution in [0.4, 0.5) is 0 Å². The van der Waals surface area contributed by atoms with Crippen molar-refractivity contribution >= 4 is 17.9 Å². The minimum atomic E-state index is -0.839. The number of benzene rings is 1. The van der Waals surface area contributed by atoms with E-state index < -0.39 is 36.2 Å². The van der Waals surface area contributed by atoms with Crippen LogP contribution in [0.5, 0.6) is 0 Å². The summed E-state index contributed by atoms with van der Waals surface area (Å²) < 4.78 is 21.6. The van der Waals surface area contributed by atoms with Crippen LogP contribution < -0.4 is 0 Å². The van der Waals surface area contributed by atoms with Gasteiger partial charge in [-0.25, -0.2) is 4.79 Å². The average Bonchev–Trinajstić information content (AvgIpc) is 3.27. The topological polar surface area (TPSA) is 104 Å². The molecule has 1 aliphatic heterocycles. The standard InChI is InChI=1S/C21H23NO7/c1-4-26-21(25)15-10-16(22-18(15)14-8-6-5-7-9-14)19-20(29-13(3)24)17(11-27-19)28-12(2)23/h5-10,17,19-20,22H,4,11H2,1-3H3/t17-,19+,20-/m1/s1. The quantitative estimate of drug-likeness (QED) is 0.586. The van der Waals surface area contributed by atoms with Crippen molar-refractivity contribution in [1.82, 2.24) is 4.98 Å². The van der Waals surface area contributed by atoms with Gasteiger partial charge in [0.1, 0.15) is 6.10 Å². The molecule has 1 fully saturated rings. The van der Waals surface area contributed by atoms with Crippen LogP contribution in [0, 0.1) is 0 Å². The predicted octanol–water partition coefficient (Wildman–Crippen LogP) is 2.79. The molecule has 1 N–H and O–H groups in total. The fourth-order valence-electron chi connectivity index (χ4n) is 3.32. The Kier molecular flexibility index (Phi) is 6.33. The van der Waals surface area contributed by atoms with E-state index in [9.17, 15) is 14.4 Å². The fraction of sp³-hybridized carbons (Fsp3) is 0.381. The van der Waals surface area contributed by atoms with E-state index in [-0.39, 0.29) is 13.2 Å². The number of rotatable bonds is 6. The molecule has 2 aromatic rings. The molecule has 8 nitrogen and oxygen atoms in total. The van der Waals surface area contributed by atoms with Crippen molar-refractivity contribution in [3.05, 3.63) is 47.7 Å². The van der Waals surface area contributed by atoms with Crippen molar-refractivity contribution < 1.29 is 33.3 Å². The van der Waals surface area contributed by atoms with Gasteiger partial charge in [0.15, 0.2) is 12.2 Å². The third kappa shape index (κ3) is 4.65. The molecule has 0 radical (unpaired) electrons. The summed E-state index contributed by atoms with van der Waals surface area (Å²) in [7, 11) is 0. The average molecular weight is 401 g/mol. The zero-order valence-corrected chi connectivity index (χ0v) is 16.5. The first-order chi connectivity index (χ1) is 13.9. The molecule has 0 amide bonds. The van der Waals surface area contributed by atoms with E-state index >= 15 is 0 Å². The maximum Gasteiger partial charge on any atom is 0.340 e. The number of ether oxygens (including phenoxy) is 4. The van der Waals surface area contributed by atoms with Gasteiger partial charge in [0.25, 0.3) is 0 Å². The number of aromatic amines is 1. The lowest BCUT2D eigenvalue weighted by Gasteiger charge is -2.21. The van der Waals surface area contributed by atoms with Crippen LogP contribution >= 0.6 is 0 Å². The van der Waals surface area contributed by atoms with Crippen molar-refractivity contribution in [3.8, 4) is 11.3 Å². The van der Waals surface area contributed by atoms with Gasteiger partial charge < -0.3 is 23.9 Å². The molecule has 2 heterocycles. The molecule has 1 aromatic heterocycles. The Morgan fingerprint density at radius 1 is 1.10 bits per heavy atom. The summed E-state index contributed by atoms with van der Waals surface area (Å²) in [6.07, 6.45) is -2.31. The summed E-state index contributed by atoms with van der Waals surface area (Å²) in [5.41, 5.74) is 2.22. The Morgan fingerprint density at radius 2 is 1.79 bits per heavy atom. The van der Waals surface area contributed by atoms with Crippen molar-refractivity contribution in [2.45, 2.75) is 39.1 Å². The molecule has 0 aliphatic carbocycles. The first-order valence-corrected chi connectivity index (χ1v) is 9.32. The molecule has 0 unspecified atom stereocenters. The number of nitrogens with one attached hydrogen (secondary N) is 1. The second kappa shape index (κ2) is 8.91. The van der Waals surface area contributed by atoms with Crippen LogP contribution in [0.25, 0.3) is 11.3 Å². The molecule has 1 saturated heterocycles. The molecule has 1 aliphatic rings. The largest absolute Gasteiger partial charge is 0.462 e. The Hall–Kier alpha value is -3.13. The van der Waals surface area contributed by atoms with Crippen LogP contribution in [0.2, 0.25) is 0 Å². The van der Waals surface area contributed by atoms with Gasteiger partial charge >= 0.3 is 17.9 Å². The summed E-state index contributed by atoms with van der Waals surface area (Å²) in [6.45, 7) is 4.58. The minimum absolute atomic E-state index is 0.0661. The number of hydrogen-bond donors (Lipinski definition) is 1. The smallest absolute Gasteiger partial charge is 0.340 e. The van der Waals surface area contributed by atoms with Gasteiger partial charge in [0.2, 0.25) is 0 Å². The van der Waals surface area contributed by atoms with E-state index in [0.717, 1.165) is 5.56 Å². The van der Waals surface area contributed by atoms with E-state index in [1.165, 1.54) is 13.8 Å². The highest BCUT2D eigenvalue weighted by Gasteiger charge is 2.44. The lowest BCUT2D eigenvalue weighted by Crippen LogP contribution is -2.34. The molecule has 0 spiro atoms. The van der Waals surface area contributed by atoms with Crippen LogP contribution in [-0.2, 0) is 28.5 Å². The lowest BCUT2D eigenvalue weighted by atomic mass is 10.1. The summed E-state index contributed by atoms with van der Waals surface area (Å²) >= 11 is 0. The van der Waals surface area contributed by atoms with Gasteiger partial charge in [-0.15, -0.1) is 0 Å². The highest BCUT2D eigenvalue weighted by molar-refractivity contribution is 5.96.